The Labute approximate surface area is 95.9 Å². The van der Waals surface area contributed by atoms with Crippen LogP contribution in [0.3, 0.4) is 0 Å². The standard InChI is InChI=1S/C11H20N2O3/c1-3-8-5-6-13(7-8)10(14)9(12)11(15)16-4-2/h8-9H,3-7,12H2,1-2H3. The molecule has 1 heterocycles. The molecule has 1 fully saturated rings. The van der Waals surface area contributed by atoms with E-state index in [-0.39, 0.29) is 12.5 Å². The van der Waals surface area contributed by atoms with Gasteiger partial charge in [0.2, 0.25) is 0 Å². The third-order valence-electron chi connectivity index (χ3n) is 2.98. The lowest BCUT2D eigenvalue weighted by Gasteiger charge is -2.19. The summed E-state index contributed by atoms with van der Waals surface area (Å²) >= 11 is 0. The normalized spacial score (nSPS) is 21.9. The van der Waals surface area contributed by atoms with E-state index in [9.17, 15) is 9.59 Å². The fraction of sp³-hybridized carbons (Fsp3) is 0.818. The van der Waals surface area contributed by atoms with E-state index >= 15 is 0 Å². The Balaban J connectivity index is 2.48. The van der Waals surface area contributed by atoms with Crippen molar-refractivity contribution in [2.45, 2.75) is 32.7 Å². The van der Waals surface area contributed by atoms with Gasteiger partial charge in [0.25, 0.3) is 5.91 Å². The van der Waals surface area contributed by atoms with Crippen LogP contribution in [0.4, 0.5) is 0 Å². The molecule has 0 saturated carbocycles. The van der Waals surface area contributed by atoms with Crippen LogP contribution in [0.25, 0.3) is 0 Å². The fourth-order valence-corrected chi connectivity index (χ4v) is 1.90. The van der Waals surface area contributed by atoms with Crippen LogP contribution in [0, 0.1) is 5.92 Å². The van der Waals surface area contributed by atoms with Crippen LogP contribution >= 0.6 is 0 Å². The monoisotopic (exact) mass is 228 g/mol. The van der Waals surface area contributed by atoms with Crippen molar-refractivity contribution in [2.75, 3.05) is 19.7 Å². The molecule has 0 aliphatic carbocycles. The molecule has 0 aromatic carbocycles. The first kappa shape index (κ1) is 13.0. The molecule has 1 saturated heterocycles. The van der Waals surface area contributed by atoms with Gasteiger partial charge in [0.1, 0.15) is 0 Å². The summed E-state index contributed by atoms with van der Waals surface area (Å²) in [5.74, 6) is -0.403. The Morgan fingerprint density at radius 3 is 2.69 bits per heavy atom. The number of hydrogen-bond acceptors (Lipinski definition) is 4. The summed E-state index contributed by atoms with van der Waals surface area (Å²) in [6, 6.07) is -1.16. The molecule has 1 aliphatic rings. The van der Waals surface area contributed by atoms with Gasteiger partial charge in [-0.05, 0) is 19.3 Å². The zero-order valence-electron chi connectivity index (χ0n) is 9.94. The van der Waals surface area contributed by atoms with Crippen molar-refractivity contribution in [3.8, 4) is 0 Å². The zero-order chi connectivity index (χ0) is 12.1. The van der Waals surface area contributed by atoms with E-state index < -0.39 is 12.0 Å². The van der Waals surface area contributed by atoms with Crippen molar-refractivity contribution in [2.24, 2.45) is 11.7 Å². The number of hydrogen-bond donors (Lipinski definition) is 1. The van der Waals surface area contributed by atoms with Gasteiger partial charge in [-0.15, -0.1) is 0 Å². The Bertz CT molecular complexity index is 268. The van der Waals surface area contributed by atoms with E-state index in [0.29, 0.717) is 19.0 Å². The van der Waals surface area contributed by atoms with Crippen molar-refractivity contribution in [3.63, 3.8) is 0 Å². The largest absolute Gasteiger partial charge is 0.464 e. The van der Waals surface area contributed by atoms with Gasteiger partial charge >= 0.3 is 5.97 Å². The molecular formula is C11H20N2O3. The first-order chi connectivity index (χ1) is 7.60. The number of nitrogens with two attached hydrogens (primary N) is 1. The Kier molecular flexibility index (Phi) is 4.73. The van der Waals surface area contributed by atoms with Crippen LogP contribution in [-0.2, 0) is 14.3 Å². The van der Waals surface area contributed by atoms with Gasteiger partial charge in [0, 0.05) is 13.1 Å². The molecule has 16 heavy (non-hydrogen) atoms. The van der Waals surface area contributed by atoms with E-state index in [1.165, 1.54) is 0 Å². The summed E-state index contributed by atoms with van der Waals surface area (Å²) in [5, 5.41) is 0. The molecule has 2 atom stereocenters. The Morgan fingerprint density at radius 1 is 1.50 bits per heavy atom. The molecule has 0 bridgehead atoms. The van der Waals surface area contributed by atoms with Crippen molar-refractivity contribution in [1.82, 2.24) is 4.90 Å². The lowest BCUT2D eigenvalue weighted by atomic mass is 10.1. The lowest BCUT2D eigenvalue weighted by molar-refractivity contribution is -0.150. The number of carbonyl (C=O) groups excluding carboxylic acids is 2. The van der Waals surface area contributed by atoms with Crippen LogP contribution in [0.2, 0.25) is 0 Å². The maximum atomic E-state index is 11.8. The van der Waals surface area contributed by atoms with Crippen molar-refractivity contribution >= 4 is 11.9 Å². The predicted molar refractivity (Wildman–Crippen MR) is 59.6 cm³/mol. The van der Waals surface area contributed by atoms with Gasteiger partial charge < -0.3 is 15.4 Å². The average molecular weight is 228 g/mol. The average Bonchev–Trinajstić information content (AvgIpc) is 2.75. The predicted octanol–water partition coefficient (Wildman–Crippen LogP) is 0.135. The summed E-state index contributed by atoms with van der Waals surface area (Å²) in [4.78, 5) is 24.8. The highest BCUT2D eigenvalue weighted by Gasteiger charge is 2.32. The highest BCUT2D eigenvalue weighted by molar-refractivity contribution is 6.01. The summed E-state index contributed by atoms with van der Waals surface area (Å²) in [6.07, 6.45) is 2.05. The summed E-state index contributed by atoms with van der Waals surface area (Å²) in [5.41, 5.74) is 5.55. The molecular weight excluding hydrogens is 208 g/mol. The van der Waals surface area contributed by atoms with Crippen molar-refractivity contribution in [3.05, 3.63) is 0 Å². The summed E-state index contributed by atoms with van der Waals surface area (Å²) in [7, 11) is 0. The molecule has 0 radical (unpaired) electrons. The molecule has 0 aromatic rings. The number of likely N-dealkylation sites (tertiary alicyclic amines) is 1. The Morgan fingerprint density at radius 2 is 2.19 bits per heavy atom. The molecule has 5 nitrogen and oxygen atoms in total. The molecule has 5 heteroatoms. The number of ether oxygens (including phenoxy) is 1. The minimum absolute atomic E-state index is 0.247. The second-order valence-electron chi connectivity index (χ2n) is 4.08. The highest BCUT2D eigenvalue weighted by Crippen LogP contribution is 2.19. The van der Waals surface area contributed by atoms with E-state index in [1.54, 1.807) is 11.8 Å². The third kappa shape index (κ3) is 2.95. The molecule has 1 rings (SSSR count). The van der Waals surface area contributed by atoms with E-state index in [4.69, 9.17) is 10.5 Å². The molecule has 0 aromatic heterocycles. The van der Waals surface area contributed by atoms with Gasteiger partial charge in [-0.3, -0.25) is 4.79 Å². The van der Waals surface area contributed by atoms with Crippen molar-refractivity contribution in [1.29, 1.82) is 0 Å². The van der Waals surface area contributed by atoms with Crippen molar-refractivity contribution < 1.29 is 14.3 Å². The number of esters is 1. The zero-order valence-corrected chi connectivity index (χ0v) is 9.94. The second-order valence-corrected chi connectivity index (χ2v) is 4.08. The third-order valence-corrected chi connectivity index (χ3v) is 2.98. The molecule has 2 unspecified atom stereocenters. The first-order valence-corrected chi connectivity index (χ1v) is 5.81. The molecule has 1 amide bonds. The van der Waals surface area contributed by atoms with Crippen LogP contribution in [-0.4, -0.2) is 42.5 Å². The minimum atomic E-state index is -1.16. The number of nitrogens with zero attached hydrogens (tertiary/aromatic N) is 1. The van der Waals surface area contributed by atoms with Crippen LogP contribution in [0.1, 0.15) is 26.7 Å². The fourth-order valence-electron chi connectivity index (χ4n) is 1.90. The van der Waals surface area contributed by atoms with E-state index in [1.807, 2.05) is 0 Å². The maximum Gasteiger partial charge on any atom is 0.332 e. The number of rotatable bonds is 4. The smallest absolute Gasteiger partial charge is 0.332 e. The van der Waals surface area contributed by atoms with Gasteiger partial charge in [-0.1, -0.05) is 13.3 Å². The quantitative estimate of drug-likeness (QED) is 0.548. The molecule has 92 valence electrons. The summed E-state index contributed by atoms with van der Waals surface area (Å²) in [6.45, 7) is 5.45. The van der Waals surface area contributed by atoms with Crippen LogP contribution < -0.4 is 5.73 Å². The van der Waals surface area contributed by atoms with E-state index in [0.717, 1.165) is 12.8 Å². The first-order valence-electron chi connectivity index (χ1n) is 5.81. The minimum Gasteiger partial charge on any atom is -0.464 e. The van der Waals surface area contributed by atoms with E-state index in [2.05, 4.69) is 6.92 Å². The lowest BCUT2D eigenvalue weighted by Crippen LogP contribution is -2.48. The van der Waals surface area contributed by atoms with Gasteiger partial charge in [0.15, 0.2) is 6.04 Å². The van der Waals surface area contributed by atoms with Crippen LogP contribution in [0.5, 0.6) is 0 Å². The van der Waals surface area contributed by atoms with Crippen LogP contribution in [0.15, 0.2) is 0 Å². The highest BCUT2D eigenvalue weighted by atomic mass is 16.5. The van der Waals surface area contributed by atoms with Gasteiger partial charge in [-0.25, -0.2) is 4.79 Å². The van der Waals surface area contributed by atoms with Gasteiger partial charge in [-0.2, -0.15) is 0 Å². The second kappa shape index (κ2) is 5.84. The topological polar surface area (TPSA) is 72.6 Å². The number of amides is 1. The number of carbonyl (C=O) groups is 2. The molecule has 2 N–H and O–H groups in total. The Hall–Kier alpha value is -1.10. The molecule has 0 spiro atoms. The summed E-state index contributed by atoms with van der Waals surface area (Å²) < 4.78 is 4.73. The van der Waals surface area contributed by atoms with Gasteiger partial charge in [0.05, 0.1) is 6.61 Å². The molecule has 1 aliphatic heterocycles. The SMILES string of the molecule is CCOC(=O)C(N)C(=O)N1CCC(CC)C1. The maximum absolute atomic E-state index is 11.8.